The average Bonchev–Trinajstić information content (AvgIpc) is 3.43. The second-order valence-corrected chi connectivity index (χ2v) is 14.0. The summed E-state index contributed by atoms with van der Waals surface area (Å²) >= 11 is 0. The lowest BCUT2D eigenvalue weighted by Gasteiger charge is -2.25. The molecule has 0 spiro atoms. The summed E-state index contributed by atoms with van der Waals surface area (Å²) in [5.41, 5.74) is 16.5. The monoisotopic (exact) mass is 564 g/mol. The molecule has 44 heavy (non-hydrogen) atoms. The minimum Gasteiger partial charge on any atom is -0.0836 e. The highest BCUT2D eigenvalue weighted by Crippen LogP contribution is 2.57. The predicted octanol–water partition coefficient (Wildman–Crippen LogP) is 12.0. The van der Waals surface area contributed by atoms with Gasteiger partial charge in [0.25, 0.3) is 0 Å². The number of rotatable bonds is 2. The van der Waals surface area contributed by atoms with Gasteiger partial charge in [0.15, 0.2) is 0 Å². The Kier molecular flexibility index (Phi) is 5.23. The maximum atomic E-state index is 2.53. The molecule has 3 aliphatic carbocycles. The van der Waals surface area contributed by atoms with E-state index in [0.29, 0.717) is 0 Å². The first-order valence-electron chi connectivity index (χ1n) is 16.1. The Labute approximate surface area is 260 Å². The summed E-state index contributed by atoms with van der Waals surface area (Å²) in [5.74, 6) is 0. The van der Waals surface area contributed by atoms with Gasteiger partial charge in [-0.1, -0.05) is 131 Å². The van der Waals surface area contributed by atoms with Gasteiger partial charge in [0, 0.05) is 10.8 Å². The van der Waals surface area contributed by atoms with E-state index in [0.717, 1.165) is 12.8 Å². The third kappa shape index (κ3) is 3.34. The van der Waals surface area contributed by atoms with Crippen molar-refractivity contribution in [3.63, 3.8) is 0 Å². The molecule has 0 nitrogen and oxygen atoms in total. The summed E-state index contributed by atoms with van der Waals surface area (Å²) in [7, 11) is 0. The van der Waals surface area contributed by atoms with E-state index in [4.69, 9.17) is 0 Å². The van der Waals surface area contributed by atoms with Gasteiger partial charge in [-0.05, 0) is 119 Å². The van der Waals surface area contributed by atoms with Gasteiger partial charge in [-0.25, -0.2) is 0 Å². The van der Waals surface area contributed by atoms with Crippen LogP contribution in [0.15, 0.2) is 121 Å². The molecule has 0 atom stereocenters. The van der Waals surface area contributed by atoms with Crippen LogP contribution in [0.1, 0.15) is 68.4 Å². The van der Waals surface area contributed by atoms with Crippen molar-refractivity contribution in [2.45, 2.75) is 51.4 Å². The highest BCUT2D eigenvalue weighted by molar-refractivity contribution is 6.16. The Hall–Kier alpha value is -4.68. The van der Waals surface area contributed by atoms with Crippen LogP contribution >= 0.6 is 0 Å². The van der Waals surface area contributed by atoms with Crippen molar-refractivity contribution in [3.8, 4) is 33.4 Å². The topological polar surface area (TPSA) is 0 Å². The molecule has 0 bridgehead atoms. The van der Waals surface area contributed by atoms with Gasteiger partial charge in [0.05, 0.1) is 0 Å². The molecular formula is C44H36. The fraction of sp³-hybridized carbons (Fsp3) is 0.182. The first-order chi connectivity index (χ1) is 21.4. The van der Waals surface area contributed by atoms with Crippen LogP contribution in [0, 0.1) is 0 Å². The van der Waals surface area contributed by atoms with Crippen molar-refractivity contribution in [2.75, 3.05) is 0 Å². The molecule has 212 valence electrons. The maximum absolute atomic E-state index is 2.53. The zero-order valence-corrected chi connectivity index (χ0v) is 26.0. The Balaban J connectivity index is 1.32. The highest BCUT2D eigenvalue weighted by Gasteiger charge is 2.40. The van der Waals surface area contributed by atoms with Crippen molar-refractivity contribution in [1.29, 1.82) is 0 Å². The normalized spacial score (nSPS) is 16.9. The molecule has 0 fully saturated rings. The first-order valence-corrected chi connectivity index (χ1v) is 16.1. The summed E-state index contributed by atoms with van der Waals surface area (Å²) in [6.07, 6.45) is 9.31. The fourth-order valence-electron chi connectivity index (χ4n) is 8.58. The minimum atomic E-state index is -0.132. The molecule has 3 aliphatic rings. The lowest BCUT2D eigenvalue weighted by molar-refractivity contribution is 0.660. The van der Waals surface area contributed by atoms with Crippen LogP contribution in [0.4, 0.5) is 0 Å². The smallest absolute Gasteiger partial charge is 0.0159 e. The van der Waals surface area contributed by atoms with Gasteiger partial charge in [-0.15, -0.1) is 0 Å². The first kappa shape index (κ1) is 25.8. The van der Waals surface area contributed by atoms with Gasteiger partial charge in [0.2, 0.25) is 0 Å². The average molecular weight is 565 g/mol. The van der Waals surface area contributed by atoms with E-state index >= 15 is 0 Å². The number of fused-ring (bicyclic) bond motifs is 10. The van der Waals surface area contributed by atoms with Crippen LogP contribution in [0.3, 0.4) is 0 Å². The Morgan fingerprint density at radius 1 is 0.455 bits per heavy atom. The van der Waals surface area contributed by atoms with Gasteiger partial charge in [0.1, 0.15) is 0 Å². The molecule has 0 unspecified atom stereocenters. The number of benzene rings is 6. The van der Waals surface area contributed by atoms with Crippen LogP contribution in [0.25, 0.3) is 60.5 Å². The van der Waals surface area contributed by atoms with Crippen LogP contribution in [0.2, 0.25) is 0 Å². The quantitative estimate of drug-likeness (QED) is 0.196. The molecule has 9 rings (SSSR count). The van der Waals surface area contributed by atoms with Gasteiger partial charge < -0.3 is 0 Å². The minimum absolute atomic E-state index is 0.0262. The van der Waals surface area contributed by atoms with Crippen molar-refractivity contribution in [3.05, 3.63) is 149 Å². The second-order valence-electron chi connectivity index (χ2n) is 14.0. The van der Waals surface area contributed by atoms with Crippen LogP contribution in [-0.2, 0) is 10.8 Å². The van der Waals surface area contributed by atoms with Gasteiger partial charge >= 0.3 is 0 Å². The molecule has 6 aromatic carbocycles. The number of allylic oxidation sites excluding steroid dienone is 4. The van der Waals surface area contributed by atoms with E-state index < -0.39 is 0 Å². The molecule has 0 heteroatoms. The van der Waals surface area contributed by atoms with E-state index in [-0.39, 0.29) is 10.8 Å². The van der Waals surface area contributed by atoms with E-state index in [1.54, 1.807) is 0 Å². The molecule has 0 heterocycles. The van der Waals surface area contributed by atoms with E-state index in [9.17, 15) is 0 Å². The predicted molar refractivity (Wildman–Crippen MR) is 188 cm³/mol. The Morgan fingerprint density at radius 2 is 1.02 bits per heavy atom. The molecule has 0 aromatic heterocycles. The van der Waals surface area contributed by atoms with Gasteiger partial charge in [-0.3, -0.25) is 0 Å². The molecule has 0 radical (unpaired) electrons. The van der Waals surface area contributed by atoms with Crippen molar-refractivity contribution in [2.24, 2.45) is 0 Å². The summed E-state index contributed by atoms with van der Waals surface area (Å²) in [5, 5.41) is 5.39. The largest absolute Gasteiger partial charge is 0.0836 e. The van der Waals surface area contributed by atoms with Gasteiger partial charge in [-0.2, -0.15) is 0 Å². The molecule has 0 amide bonds. The van der Waals surface area contributed by atoms with E-state index in [2.05, 4.69) is 149 Å². The van der Waals surface area contributed by atoms with Crippen LogP contribution in [-0.4, -0.2) is 0 Å². The lowest BCUT2D eigenvalue weighted by Crippen LogP contribution is -2.16. The maximum Gasteiger partial charge on any atom is 0.0159 e. The Morgan fingerprint density at radius 3 is 1.70 bits per heavy atom. The summed E-state index contributed by atoms with van der Waals surface area (Å²) in [4.78, 5) is 0. The second kappa shape index (κ2) is 8.93. The molecule has 0 N–H and O–H groups in total. The number of hydrogen-bond donors (Lipinski definition) is 0. The van der Waals surface area contributed by atoms with Crippen LogP contribution in [0.5, 0.6) is 0 Å². The lowest BCUT2D eigenvalue weighted by atomic mass is 9.78. The zero-order valence-electron chi connectivity index (χ0n) is 26.0. The molecule has 0 saturated heterocycles. The molecule has 0 aliphatic heterocycles. The summed E-state index contributed by atoms with van der Waals surface area (Å²) in [6.45, 7) is 9.62. The third-order valence-electron chi connectivity index (χ3n) is 10.9. The fourth-order valence-corrected chi connectivity index (χ4v) is 8.58. The SMILES string of the molecule is CC1(C)c2ccccc2-c2ccc(-c3cc4c(c5ccccc35)-c3c(cc(C5=CCCC=C5)c5ccccc35)C4(C)C)cc21. The Bertz CT molecular complexity index is 2270. The standard InChI is InChI=1S/C44H36/c1-43(2)37-21-13-12-18-31(37)32-23-22-28(24-38(32)43)36-26-40-42(34-20-11-9-17-30(34)36)41-33-19-10-8-16-29(33)35(25-39(41)44(40,3)4)27-14-6-5-7-15-27/h6,8-26H,5,7H2,1-4H3. The third-order valence-corrected chi connectivity index (χ3v) is 10.9. The summed E-state index contributed by atoms with van der Waals surface area (Å²) in [6, 6.07) is 39.4. The van der Waals surface area contributed by atoms with E-state index in [1.165, 1.54) is 88.3 Å². The van der Waals surface area contributed by atoms with Crippen molar-refractivity contribution >= 4 is 27.1 Å². The van der Waals surface area contributed by atoms with E-state index in [1.807, 2.05) is 0 Å². The molecule has 6 aromatic rings. The van der Waals surface area contributed by atoms with Crippen molar-refractivity contribution < 1.29 is 0 Å². The summed E-state index contributed by atoms with van der Waals surface area (Å²) < 4.78 is 0. The van der Waals surface area contributed by atoms with Crippen LogP contribution < -0.4 is 0 Å². The highest BCUT2D eigenvalue weighted by atomic mass is 14.4. The number of hydrogen-bond acceptors (Lipinski definition) is 0. The molecule has 0 saturated carbocycles. The zero-order chi connectivity index (χ0) is 29.8. The van der Waals surface area contributed by atoms with Crippen molar-refractivity contribution in [1.82, 2.24) is 0 Å². The molecular weight excluding hydrogens is 528 g/mol.